The van der Waals surface area contributed by atoms with Gasteiger partial charge in [-0.1, -0.05) is 35.9 Å². The quantitative estimate of drug-likeness (QED) is 0.777. The Morgan fingerprint density at radius 3 is 2.74 bits per heavy atom. The van der Waals surface area contributed by atoms with Crippen molar-refractivity contribution in [3.8, 4) is 0 Å². The molecule has 1 aromatic rings. The Labute approximate surface area is 124 Å². The van der Waals surface area contributed by atoms with Gasteiger partial charge in [-0.15, -0.1) is 11.6 Å². The molecule has 0 spiro atoms. The monoisotopic (exact) mass is 297 g/mol. The number of nitrogens with zero attached hydrogens (tertiary/aromatic N) is 1. The van der Waals surface area contributed by atoms with E-state index in [0.29, 0.717) is 5.92 Å². The van der Waals surface area contributed by atoms with Crippen molar-refractivity contribution >= 4 is 35.2 Å². The van der Waals surface area contributed by atoms with Gasteiger partial charge in [0, 0.05) is 18.1 Å². The van der Waals surface area contributed by atoms with E-state index in [0.717, 1.165) is 36.5 Å². The molecule has 1 heterocycles. The molecule has 0 atom stereocenters. The summed E-state index contributed by atoms with van der Waals surface area (Å²) in [7, 11) is 0. The Kier molecular flexibility index (Phi) is 5.29. The van der Waals surface area contributed by atoms with E-state index in [2.05, 4.69) is 12.2 Å². The van der Waals surface area contributed by atoms with Crippen LogP contribution in [-0.4, -0.2) is 29.8 Å². The van der Waals surface area contributed by atoms with Crippen LogP contribution in [0.25, 0.3) is 6.08 Å². The Balaban J connectivity index is 1.87. The molecule has 0 N–H and O–H groups in total. The lowest BCUT2D eigenvalue weighted by Crippen LogP contribution is -2.38. The minimum absolute atomic E-state index is 0.0407. The van der Waals surface area contributed by atoms with Crippen LogP contribution in [0.5, 0.6) is 0 Å². The molecule has 1 aliphatic heterocycles. The first kappa shape index (κ1) is 14.4. The number of rotatable bonds is 3. The van der Waals surface area contributed by atoms with Gasteiger partial charge in [0.1, 0.15) is 5.88 Å². The number of hydrogen-bond acceptors (Lipinski definition) is 1. The lowest BCUT2D eigenvalue weighted by atomic mass is 9.95. The van der Waals surface area contributed by atoms with E-state index in [-0.39, 0.29) is 11.8 Å². The number of carbonyl (C=O) groups excluding carboxylic acids is 1. The zero-order chi connectivity index (χ0) is 13.7. The van der Waals surface area contributed by atoms with Gasteiger partial charge in [0.25, 0.3) is 0 Å². The van der Waals surface area contributed by atoms with E-state index in [9.17, 15) is 4.79 Å². The first-order chi connectivity index (χ1) is 9.19. The van der Waals surface area contributed by atoms with Gasteiger partial charge in [0.15, 0.2) is 0 Å². The Hall–Kier alpha value is -0.990. The summed E-state index contributed by atoms with van der Waals surface area (Å²) in [6.07, 6.45) is 6.32. The van der Waals surface area contributed by atoms with Crippen LogP contribution in [0.4, 0.5) is 0 Å². The molecule has 2 nitrogen and oxygen atoms in total. The van der Waals surface area contributed by atoms with Crippen LogP contribution in [0.15, 0.2) is 30.3 Å². The van der Waals surface area contributed by atoms with Gasteiger partial charge in [-0.3, -0.25) is 4.79 Å². The van der Waals surface area contributed by atoms with Crippen molar-refractivity contribution < 1.29 is 4.79 Å². The zero-order valence-electron chi connectivity index (χ0n) is 10.7. The summed E-state index contributed by atoms with van der Waals surface area (Å²) in [5.41, 5.74) is 1.12. The summed E-state index contributed by atoms with van der Waals surface area (Å²) in [5, 5.41) is 0.754. The molecule has 19 heavy (non-hydrogen) atoms. The minimum atomic E-state index is 0.0407. The molecule has 1 aliphatic rings. The molecule has 0 unspecified atom stereocenters. The van der Waals surface area contributed by atoms with Gasteiger partial charge in [-0.25, -0.2) is 0 Å². The maximum Gasteiger partial charge on any atom is 0.237 e. The molecule has 2 rings (SSSR count). The van der Waals surface area contributed by atoms with Crippen LogP contribution in [0.3, 0.4) is 0 Å². The SMILES string of the molecule is O=C(CCl)N1CCC(C=Cc2cccc(Cl)c2)CC1. The van der Waals surface area contributed by atoms with Crippen molar-refractivity contribution in [1.82, 2.24) is 4.90 Å². The van der Waals surface area contributed by atoms with Crippen molar-refractivity contribution in [2.75, 3.05) is 19.0 Å². The highest BCUT2D eigenvalue weighted by Gasteiger charge is 2.20. The molecule has 1 saturated heterocycles. The number of halogens is 2. The van der Waals surface area contributed by atoms with Gasteiger partial charge in [0.2, 0.25) is 5.91 Å². The third-order valence-corrected chi connectivity index (χ3v) is 3.88. The smallest absolute Gasteiger partial charge is 0.237 e. The highest BCUT2D eigenvalue weighted by atomic mass is 35.5. The highest BCUT2D eigenvalue weighted by molar-refractivity contribution is 6.30. The molecular weight excluding hydrogens is 281 g/mol. The van der Waals surface area contributed by atoms with E-state index in [1.54, 1.807) is 0 Å². The summed E-state index contributed by atoms with van der Waals surface area (Å²) in [6, 6.07) is 7.80. The lowest BCUT2D eigenvalue weighted by Gasteiger charge is -2.30. The minimum Gasteiger partial charge on any atom is -0.342 e. The molecule has 0 saturated carbocycles. The molecular formula is C15H17Cl2NO. The fourth-order valence-corrected chi connectivity index (χ4v) is 2.65. The van der Waals surface area contributed by atoms with Crippen LogP contribution in [0.2, 0.25) is 5.02 Å². The molecule has 1 fully saturated rings. The fourth-order valence-electron chi connectivity index (χ4n) is 2.28. The average Bonchev–Trinajstić information content (AvgIpc) is 2.45. The van der Waals surface area contributed by atoms with Crippen LogP contribution in [-0.2, 0) is 4.79 Å². The number of amides is 1. The summed E-state index contributed by atoms with van der Waals surface area (Å²) in [5.74, 6) is 0.653. The molecule has 1 amide bonds. The molecule has 102 valence electrons. The first-order valence-electron chi connectivity index (χ1n) is 6.46. The topological polar surface area (TPSA) is 20.3 Å². The van der Waals surface area contributed by atoms with Gasteiger partial charge >= 0.3 is 0 Å². The molecule has 0 aliphatic carbocycles. The second-order valence-corrected chi connectivity index (χ2v) is 5.47. The lowest BCUT2D eigenvalue weighted by molar-refractivity contribution is -0.129. The maximum atomic E-state index is 11.5. The summed E-state index contributed by atoms with van der Waals surface area (Å²) in [6.45, 7) is 1.60. The van der Waals surface area contributed by atoms with Crippen LogP contribution >= 0.6 is 23.2 Å². The van der Waals surface area contributed by atoms with E-state index < -0.39 is 0 Å². The number of allylic oxidation sites excluding steroid dienone is 1. The van der Waals surface area contributed by atoms with E-state index in [4.69, 9.17) is 23.2 Å². The van der Waals surface area contributed by atoms with Crippen molar-refractivity contribution in [3.05, 3.63) is 40.9 Å². The average molecular weight is 298 g/mol. The largest absolute Gasteiger partial charge is 0.342 e. The highest BCUT2D eigenvalue weighted by Crippen LogP contribution is 2.20. The van der Waals surface area contributed by atoms with E-state index >= 15 is 0 Å². The van der Waals surface area contributed by atoms with Gasteiger partial charge in [-0.2, -0.15) is 0 Å². The second-order valence-electron chi connectivity index (χ2n) is 4.77. The standard InChI is InChI=1S/C15H17Cl2NO/c16-11-15(19)18-8-6-12(7-9-18)4-5-13-2-1-3-14(17)10-13/h1-5,10,12H,6-9,11H2. The third kappa shape index (κ3) is 4.26. The first-order valence-corrected chi connectivity index (χ1v) is 7.38. The fraction of sp³-hybridized carbons (Fsp3) is 0.400. The maximum absolute atomic E-state index is 11.5. The number of hydrogen-bond donors (Lipinski definition) is 0. The molecule has 0 radical (unpaired) electrons. The predicted molar refractivity (Wildman–Crippen MR) is 80.5 cm³/mol. The van der Waals surface area contributed by atoms with Crippen LogP contribution in [0, 0.1) is 5.92 Å². The number of benzene rings is 1. The number of piperidine rings is 1. The van der Waals surface area contributed by atoms with Gasteiger partial charge in [0.05, 0.1) is 0 Å². The normalized spacial score (nSPS) is 17.1. The Morgan fingerprint density at radius 1 is 1.37 bits per heavy atom. The second kappa shape index (κ2) is 6.97. The molecule has 0 bridgehead atoms. The number of alkyl halides is 1. The van der Waals surface area contributed by atoms with Gasteiger partial charge < -0.3 is 4.90 Å². The molecule has 4 heteroatoms. The summed E-state index contributed by atoms with van der Waals surface area (Å²) < 4.78 is 0. The molecule has 0 aromatic heterocycles. The van der Waals surface area contributed by atoms with Crippen molar-refractivity contribution in [2.24, 2.45) is 5.92 Å². The van der Waals surface area contributed by atoms with E-state index in [1.807, 2.05) is 29.2 Å². The van der Waals surface area contributed by atoms with Crippen molar-refractivity contribution in [3.63, 3.8) is 0 Å². The van der Waals surface area contributed by atoms with Gasteiger partial charge in [-0.05, 0) is 36.5 Å². The third-order valence-electron chi connectivity index (χ3n) is 3.42. The Bertz CT molecular complexity index is 465. The number of likely N-dealkylation sites (tertiary alicyclic amines) is 1. The molecule has 1 aromatic carbocycles. The summed E-state index contributed by atoms with van der Waals surface area (Å²) >= 11 is 11.5. The Morgan fingerprint density at radius 2 is 2.11 bits per heavy atom. The van der Waals surface area contributed by atoms with E-state index in [1.165, 1.54) is 0 Å². The van der Waals surface area contributed by atoms with Crippen LogP contribution in [0.1, 0.15) is 18.4 Å². The van der Waals surface area contributed by atoms with Crippen LogP contribution < -0.4 is 0 Å². The van der Waals surface area contributed by atoms with Crippen molar-refractivity contribution in [1.29, 1.82) is 0 Å². The summed E-state index contributed by atoms with van der Waals surface area (Å²) in [4.78, 5) is 13.3. The number of carbonyl (C=O) groups is 1. The predicted octanol–water partition coefficient (Wildman–Crippen LogP) is 3.83. The zero-order valence-corrected chi connectivity index (χ0v) is 12.2. The van der Waals surface area contributed by atoms with Crippen molar-refractivity contribution in [2.45, 2.75) is 12.8 Å².